The fourth-order valence-corrected chi connectivity index (χ4v) is 4.37. The van der Waals surface area contributed by atoms with Crippen LogP contribution < -0.4 is 5.32 Å². The normalized spacial score (nSPS) is 20.8. The predicted octanol–water partition coefficient (Wildman–Crippen LogP) is 2.93. The Morgan fingerprint density at radius 2 is 2.10 bits per heavy atom. The number of hydrogen-bond donors (Lipinski definition) is 1. The van der Waals surface area contributed by atoms with Crippen LogP contribution in [0.4, 0.5) is 5.69 Å². The maximum absolute atomic E-state index is 12.8. The fraction of sp³-hybridized carbons (Fsp3) is 0.600. The third-order valence-corrected chi connectivity index (χ3v) is 5.61. The summed E-state index contributed by atoms with van der Waals surface area (Å²) in [6.45, 7) is 6.22. The zero-order chi connectivity index (χ0) is 14.6. The van der Waals surface area contributed by atoms with Gasteiger partial charge >= 0.3 is 0 Å². The Bertz CT molecular complexity index is 543. The van der Waals surface area contributed by atoms with Crippen LogP contribution in [0.3, 0.4) is 0 Å². The highest BCUT2D eigenvalue weighted by Gasteiger charge is 2.30. The van der Waals surface area contributed by atoms with E-state index in [-0.39, 0.29) is 0 Å². The second-order valence-corrected chi connectivity index (χ2v) is 7.44. The number of nitrogens with zero attached hydrogens (tertiary/aromatic N) is 1. The van der Waals surface area contributed by atoms with Gasteiger partial charge in [-0.25, -0.2) is 8.42 Å². The molecule has 4 nitrogen and oxygen atoms in total. The van der Waals surface area contributed by atoms with Crippen LogP contribution in [0.25, 0.3) is 0 Å². The van der Waals surface area contributed by atoms with E-state index in [1.807, 2.05) is 12.1 Å². The Morgan fingerprint density at radius 1 is 1.35 bits per heavy atom. The standard InChI is InChI=1S/C15H24N2O2S/c1-3-10-16-14-8-4-5-9-15(14)20(18,19)17-11-6-7-13(2)12-17/h4-5,8-9,13,16H,3,6-7,10-12H2,1-2H3. The average Bonchev–Trinajstić information content (AvgIpc) is 2.45. The molecule has 0 radical (unpaired) electrons. The molecule has 1 aliphatic heterocycles. The summed E-state index contributed by atoms with van der Waals surface area (Å²) in [7, 11) is -3.39. The van der Waals surface area contributed by atoms with Gasteiger partial charge in [-0.05, 0) is 37.3 Å². The zero-order valence-corrected chi connectivity index (χ0v) is 13.1. The van der Waals surface area contributed by atoms with E-state index < -0.39 is 10.0 Å². The molecule has 1 aliphatic rings. The third kappa shape index (κ3) is 3.33. The van der Waals surface area contributed by atoms with Gasteiger partial charge in [0.15, 0.2) is 0 Å². The van der Waals surface area contributed by atoms with E-state index >= 15 is 0 Å². The van der Waals surface area contributed by atoms with E-state index in [0.717, 1.165) is 25.8 Å². The summed E-state index contributed by atoms with van der Waals surface area (Å²) < 4.78 is 27.2. The van der Waals surface area contributed by atoms with E-state index in [9.17, 15) is 8.42 Å². The lowest BCUT2D eigenvalue weighted by Crippen LogP contribution is -2.39. The monoisotopic (exact) mass is 296 g/mol. The van der Waals surface area contributed by atoms with Gasteiger partial charge in [-0.1, -0.05) is 26.0 Å². The lowest BCUT2D eigenvalue weighted by Gasteiger charge is -2.30. The van der Waals surface area contributed by atoms with Gasteiger partial charge in [-0.3, -0.25) is 0 Å². The molecule has 1 aromatic rings. The maximum atomic E-state index is 12.8. The highest BCUT2D eigenvalue weighted by atomic mass is 32.2. The Hall–Kier alpha value is -1.07. The lowest BCUT2D eigenvalue weighted by molar-refractivity contribution is 0.281. The van der Waals surface area contributed by atoms with Crippen molar-refractivity contribution in [3.8, 4) is 0 Å². The van der Waals surface area contributed by atoms with Crippen molar-refractivity contribution in [2.75, 3.05) is 25.0 Å². The first kappa shape index (κ1) is 15.3. The van der Waals surface area contributed by atoms with Gasteiger partial charge < -0.3 is 5.32 Å². The number of sulfonamides is 1. The first-order valence-corrected chi connectivity index (χ1v) is 8.82. The summed E-state index contributed by atoms with van der Waals surface area (Å²) in [4.78, 5) is 0.405. The summed E-state index contributed by atoms with van der Waals surface area (Å²) in [5, 5.41) is 3.21. The molecule has 1 saturated heterocycles. The number of piperidine rings is 1. The summed E-state index contributed by atoms with van der Waals surface area (Å²) in [6, 6.07) is 7.20. The summed E-state index contributed by atoms with van der Waals surface area (Å²) in [6.07, 6.45) is 3.03. The summed E-state index contributed by atoms with van der Waals surface area (Å²) in [5.41, 5.74) is 0.715. The Balaban J connectivity index is 2.29. The van der Waals surface area contributed by atoms with Crippen molar-refractivity contribution in [2.45, 2.75) is 38.0 Å². The number of anilines is 1. The minimum absolute atomic E-state index is 0.405. The van der Waals surface area contributed by atoms with Gasteiger partial charge in [0.05, 0.1) is 5.69 Å². The molecule has 1 N–H and O–H groups in total. The number of para-hydroxylation sites is 1. The molecule has 20 heavy (non-hydrogen) atoms. The predicted molar refractivity (Wildman–Crippen MR) is 82.4 cm³/mol. The van der Waals surface area contributed by atoms with Crippen LogP contribution in [0, 0.1) is 5.92 Å². The van der Waals surface area contributed by atoms with Crippen molar-refractivity contribution in [2.24, 2.45) is 5.92 Å². The molecule has 1 unspecified atom stereocenters. The van der Waals surface area contributed by atoms with Crippen LogP contribution in [-0.4, -0.2) is 32.4 Å². The van der Waals surface area contributed by atoms with Crippen molar-refractivity contribution in [3.63, 3.8) is 0 Å². The van der Waals surface area contributed by atoms with Gasteiger partial charge in [0.2, 0.25) is 10.0 Å². The molecule has 0 aliphatic carbocycles. The third-order valence-electron chi connectivity index (χ3n) is 3.69. The van der Waals surface area contributed by atoms with Crippen molar-refractivity contribution >= 4 is 15.7 Å². The van der Waals surface area contributed by atoms with E-state index in [1.165, 1.54) is 0 Å². The topological polar surface area (TPSA) is 49.4 Å². The SMILES string of the molecule is CCCNc1ccccc1S(=O)(=O)N1CCCC(C)C1. The molecule has 1 atom stereocenters. The molecular formula is C15H24N2O2S. The molecule has 1 heterocycles. The van der Waals surface area contributed by atoms with Crippen LogP contribution in [-0.2, 0) is 10.0 Å². The molecule has 0 amide bonds. The van der Waals surface area contributed by atoms with E-state index in [2.05, 4.69) is 19.2 Å². The van der Waals surface area contributed by atoms with Gasteiger partial charge in [0, 0.05) is 19.6 Å². The molecular weight excluding hydrogens is 272 g/mol. The van der Waals surface area contributed by atoms with Crippen molar-refractivity contribution in [1.29, 1.82) is 0 Å². The van der Waals surface area contributed by atoms with Gasteiger partial charge in [-0.2, -0.15) is 4.31 Å². The Labute approximate surface area is 122 Å². The van der Waals surface area contributed by atoms with E-state index in [4.69, 9.17) is 0 Å². The Morgan fingerprint density at radius 3 is 2.80 bits per heavy atom. The van der Waals surface area contributed by atoms with Crippen LogP contribution in [0.2, 0.25) is 0 Å². The van der Waals surface area contributed by atoms with Crippen molar-refractivity contribution in [3.05, 3.63) is 24.3 Å². The smallest absolute Gasteiger partial charge is 0.245 e. The maximum Gasteiger partial charge on any atom is 0.245 e. The Kier molecular flexibility index (Phi) is 5.05. The highest BCUT2D eigenvalue weighted by Crippen LogP contribution is 2.28. The molecule has 0 bridgehead atoms. The van der Waals surface area contributed by atoms with E-state index in [1.54, 1.807) is 16.4 Å². The number of hydrogen-bond acceptors (Lipinski definition) is 3. The molecule has 0 spiro atoms. The van der Waals surface area contributed by atoms with Gasteiger partial charge in [0.25, 0.3) is 0 Å². The fourth-order valence-electron chi connectivity index (χ4n) is 2.60. The minimum Gasteiger partial charge on any atom is -0.384 e. The number of nitrogens with one attached hydrogen (secondary N) is 1. The molecule has 2 rings (SSSR count). The average molecular weight is 296 g/mol. The minimum atomic E-state index is -3.39. The van der Waals surface area contributed by atoms with Crippen LogP contribution in [0.5, 0.6) is 0 Å². The quantitative estimate of drug-likeness (QED) is 0.909. The van der Waals surface area contributed by atoms with Gasteiger partial charge in [-0.15, -0.1) is 0 Å². The molecule has 1 fully saturated rings. The first-order chi connectivity index (χ1) is 9.55. The van der Waals surface area contributed by atoms with Crippen LogP contribution in [0.15, 0.2) is 29.2 Å². The summed E-state index contributed by atoms with van der Waals surface area (Å²) >= 11 is 0. The van der Waals surface area contributed by atoms with Gasteiger partial charge in [0.1, 0.15) is 4.90 Å². The number of benzene rings is 1. The van der Waals surface area contributed by atoms with Crippen molar-refractivity contribution < 1.29 is 8.42 Å². The van der Waals surface area contributed by atoms with Crippen LogP contribution in [0.1, 0.15) is 33.1 Å². The zero-order valence-electron chi connectivity index (χ0n) is 12.3. The molecule has 5 heteroatoms. The van der Waals surface area contributed by atoms with Crippen LogP contribution >= 0.6 is 0 Å². The molecule has 1 aromatic carbocycles. The largest absolute Gasteiger partial charge is 0.384 e. The summed E-state index contributed by atoms with van der Waals surface area (Å²) in [5.74, 6) is 0.439. The molecule has 0 aromatic heterocycles. The second-order valence-electron chi connectivity index (χ2n) is 5.53. The second kappa shape index (κ2) is 6.59. The first-order valence-electron chi connectivity index (χ1n) is 7.38. The molecule has 112 valence electrons. The number of rotatable bonds is 5. The molecule has 0 saturated carbocycles. The highest BCUT2D eigenvalue weighted by molar-refractivity contribution is 7.89. The lowest BCUT2D eigenvalue weighted by atomic mass is 10.0. The van der Waals surface area contributed by atoms with E-state index in [0.29, 0.717) is 29.6 Å². The van der Waals surface area contributed by atoms with Crippen molar-refractivity contribution in [1.82, 2.24) is 4.31 Å².